The predicted octanol–water partition coefficient (Wildman–Crippen LogP) is 4.60. The lowest BCUT2D eigenvalue weighted by molar-refractivity contribution is 0.638. The molecule has 0 fully saturated rings. The maximum absolute atomic E-state index is 4.20. The third-order valence-corrected chi connectivity index (χ3v) is 2.59. The highest BCUT2D eigenvalue weighted by Gasteiger charge is 2.12. The highest BCUT2D eigenvalue weighted by atomic mass is 14.9. The number of rotatable bonds is 8. The summed E-state index contributed by atoms with van der Waals surface area (Å²) >= 11 is 0. The summed E-state index contributed by atoms with van der Waals surface area (Å²) in [6.45, 7) is 20.5. The van der Waals surface area contributed by atoms with Gasteiger partial charge in [-0.1, -0.05) is 32.6 Å². The van der Waals surface area contributed by atoms with Gasteiger partial charge in [0, 0.05) is 11.7 Å². The Morgan fingerprint density at radius 2 is 1.53 bits per heavy atom. The molecule has 0 aliphatic carbocycles. The molecule has 0 aliphatic heterocycles. The van der Waals surface area contributed by atoms with E-state index < -0.39 is 0 Å². The summed E-state index contributed by atoms with van der Waals surface area (Å²) in [5, 5.41) is 3.52. The smallest absolute Gasteiger partial charge is 0.0369 e. The summed E-state index contributed by atoms with van der Waals surface area (Å²) in [6, 6.07) is 0.408. The standard InChI is InChI=1S/C16H27N/c1-8-10-15(11-9-2)16(17-13(5)6)14(7)12(3)4/h8-9,12-13,17H,1-2,7,10-11H2,3-6H3. The molecule has 0 aromatic heterocycles. The fraction of sp³-hybridized carbons (Fsp3) is 0.500. The van der Waals surface area contributed by atoms with Crippen LogP contribution in [-0.2, 0) is 0 Å². The molecule has 0 unspecified atom stereocenters. The van der Waals surface area contributed by atoms with Gasteiger partial charge in [-0.2, -0.15) is 0 Å². The van der Waals surface area contributed by atoms with Gasteiger partial charge in [0.25, 0.3) is 0 Å². The summed E-state index contributed by atoms with van der Waals surface area (Å²) in [5.41, 5.74) is 3.68. The monoisotopic (exact) mass is 233 g/mol. The number of nitrogens with one attached hydrogen (secondary N) is 1. The van der Waals surface area contributed by atoms with Crippen LogP contribution in [-0.4, -0.2) is 6.04 Å². The number of hydrogen-bond acceptors (Lipinski definition) is 1. The second-order valence-corrected chi connectivity index (χ2v) is 4.94. The van der Waals surface area contributed by atoms with Crippen molar-refractivity contribution in [2.45, 2.75) is 46.6 Å². The lowest BCUT2D eigenvalue weighted by Gasteiger charge is -2.22. The molecule has 0 aromatic carbocycles. The minimum Gasteiger partial charge on any atom is -0.383 e. The van der Waals surface area contributed by atoms with Crippen molar-refractivity contribution in [3.05, 3.63) is 48.7 Å². The van der Waals surface area contributed by atoms with Gasteiger partial charge >= 0.3 is 0 Å². The lowest BCUT2D eigenvalue weighted by Crippen LogP contribution is -2.25. The molecule has 0 aromatic rings. The van der Waals surface area contributed by atoms with Gasteiger partial charge in [-0.25, -0.2) is 0 Å². The second kappa shape index (κ2) is 7.94. The molecule has 1 nitrogen and oxygen atoms in total. The first-order valence-electron chi connectivity index (χ1n) is 6.33. The van der Waals surface area contributed by atoms with Crippen LogP contribution >= 0.6 is 0 Å². The normalized spacial score (nSPS) is 10.2. The van der Waals surface area contributed by atoms with E-state index in [0.717, 1.165) is 18.4 Å². The molecule has 0 rings (SSSR count). The molecule has 96 valence electrons. The van der Waals surface area contributed by atoms with E-state index in [1.807, 2.05) is 12.2 Å². The minimum atomic E-state index is 0.408. The Kier molecular flexibility index (Phi) is 7.36. The first-order chi connectivity index (χ1) is 7.93. The summed E-state index contributed by atoms with van der Waals surface area (Å²) in [6.07, 6.45) is 5.64. The average molecular weight is 233 g/mol. The summed E-state index contributed by atoms with van der Waals surface area (Å²) in [5.74, 6) is 0.445. The molecule has 1 N–H and O–H groups in total. The molecular weight excluding hydrogens is 206 g/mol. The molecule has 0 saturated heterocycles. The van der Waals surface area contributed by atoms with Gasteiger partial charge in [0.1, 0.15) is 0 Å². The minimum absolute atomic E-state index is 0.408. The average Bonchev–Trinajstić information content (AvgIpc) is 2.24. The number of hydrogen-bond donors (Lipinski definition) is 1. The van der Waals surface area contributed by atoms with Crippen molar-refractivity contribution in [3.63, 3.8) is 0 Å². The van der Waals surface area contributed by atoms with Gasteiger partial charge in [-0.3, -0.25) is 0 Å². The van der Waals surface area contributed by atoms with Crippen LogP contribution in [0.5, 0.6) is 0 Å². The first kappa shape index (κ1) is 15.8. The fourth-order valence-electron chi connectivity index (χ4n) is 1.64. The summed E-state index contributed by atoms with van der Waals surface area (Å²) < 4.78 is 0. The lowest BCUT2D eigenvalue weighted by atomic mass is 9.94. The van der Waals surface area contributed by atoms with E-state index in [1.165, 1.54) is 11.3 Å². The second-order valence-electron chi connectivity index (χ2n) is 4.94. The van der Waals surface area contributed by atoms with E-state index in [2.05, 4.69) is 52.7 Å². The van der Waals surface area contributed by atoms with E-state index in [1.54, 1.807) is 0 Å². The zero-order valence-corrected chi connectivity index (χ0v) is 11.8. The molecule has 0 bridgehead atoms. The first-order valence-corrected chi connectivity index (χ1v) is 6.33. The van der Waals surface area contributed by atoms with E-state index in [9.17, 15) is 0 Å². The van der Waals surface area contributed by atoms with Gasteiger partial charge in [0.2, 0.25) is 0 Å². The van der Waals surface area contributed by atoms with Crippen molar-refractivity contribution in [1.29, 1.82) is 0 Å². The molecule has 0 aliphatic rings. The third kappa shape index (κ3) is 5.58. The van der Waals surface area contributed by atoms with Crippen LogP contribution in [0.3, 0.4) is 0 Å². The van der Waals surface area contributed by atoms with Crippen molar-refractivity contribution in [2.75, 3.05) is 0 Å². The molecule has 0 radical (unpaired) electrons. The van der Waals surface area contributed by atoms with Crippen molar-refractivity contribution >= 4 is 0 Å². The zero-order valence-electron chi connectivity index (χ0n) is 11.8. The van der Waals surface area contributed by atoms with Gasteiger partial charge in [0.05, 0.1) is 0 Å². The molecular formula is C16H27N. The molecule has 0 amide bonds. The van der Waals surface area contributed by atoms with Crippen molar-refractivity contribution in [3.8, 4) is 0 Å². The van der Waals surface area contributed by atoms with Crippen LogP contribution in [0, 0.1) is 5.92 Å². The van der Waals surface area contributed by atoms with E-state index in [4.69, 9.17) is 0 Å². The topological polar surface area (TPSA) is 12.0 Å². The van der Waals surface area contributed by atoms with E-state index in [-0.39, 0.29) is 0 Å². The van der Waals surface area contributed by atoms with Gasteiger partial charge < -0.3 is 5.32 Å². The van der Waals surface area contributed by atoms with Crippen LogP contribution < -0.4 is 5.32 Å². The van der Waals surface area contributed by atoms with Gasteiger partial charge in [-0.05, 0) is 43.8 Å². The van der Waals surface area contributed by atoms with Crippen molar-refractivity contribution in [1.82, 2.24) is 5.32 Å². The van der Waals surface area contributed by atoms with Crippen LogP contribution in [0.15, 0.2) is 48.7 Å². The van der Waals surface area contributed by atoms with E-state index in [0.29, 0.717) is 12.0 Å². The SMILES string of the molecule is C=CCC(CC=C)=C(NC(C)C)C(=C)C(C)C. The Hall–Kier alpha value is -1.24. The van der Waals surface area contributed by atoms with Crippen molar-refractivity contribution < 1.29 is 0 Å². The van der Waals surface area contributed by atoms with Gasteiger partial charge in [-0.15, -0.1) is 13.2 Å². The Morgan fingerprint density at radius 1 is 1.06 bits per heavy atom. The maximum atomic E-state index is 4.20. The maximum Gasteiger partial charge on any atom is 0.0369 e. The summed E-state index contributed by atoms with van der Waals surface area (Å²) in [4.78, 5) is 0. The van der Waals surface area contributed by atoms with Crippen molar-refractivity contribution in [2.24, 2.45) is 5.92 Å². The van der Waals surface area contributed by atoms with E-state index >= 15 is 0 Å². The quantitative estimate of drug-likeness (QED) is 0.477. The third-order valence-electron chi connectivity index (χ3n) is 2.59. The molecule has 1 heteroatoms. The Labute approximate surface area is 107 Å². The Bertz CT molecular complexity index is 293. The molecule has 0 saturated carbocycles. The number of allylic oxidation sites excluding steroid dienone is 4. The molecule has 17 heavy (non-hydrogen) atoms. The summed E-state index contributed by atoms with van der Waals surface area (Å²) in [7, 11) is 0. The Balaban J connectivity index is 5.31. The predicted molar refractivity (Wildman–Crippen MR) is 78.9 cm³/mol. The fourth-order valence-corrected chi connectivity index (χ4v) is 1.64. The molecule has 0 atom stereocenters. The molecule has 0 spiro atoms. The van der Waals surface area contributed by atoms with Crippen LogP contribution in [0.4, 0.5) is 0 Å². The van der Waals surface area contributed by atoms with Crippen LogP contribution in [0.2, 0.25) is 0 Å². The molecule has 0 heterocycles. The van der Waals surface area contributed by atoms with Crippen LogP contribution in [0.25, 0.3) is 0 Å². The zero-order chi connectivity index (χ0) is 13.4. The largest absolute Gasteiger partial charge is 0.383 e. The Morgan fingerprint density at radius 3 is 1.82 bits per heavy atom. The highest BCUT2D eigenvalue weighted by Crippen LogP contribution is 2.23. The van der Waals surface area contributed by atoms with Crippen LogP contribution in [0.1, 0.15) is 40.5 Å². The highest BCUT2D eigenvalue weighted by molar-refractivity contribution is 5.35. The van der Waals surface area contributed by atoms with Gasteiger partial charge in [0.15, 0.2) is 0 Å².